The van der Waals surface area contributed by atoms with E-state index in [1.807, 2.05) is 0 Å². The number of hydrogen-bond donors (Lipinski definition) is 0. The summed E-state index contributed by atoms with van der Waals surface area (Å²) in [6, 6.07) is 0. The lowest BCUT2D eigenvalue weighted by atomic mass is 10.4. The van der Waals surface area contributed by atoms with Crippen molar-refractivity contribution in [3.63, 3.8) is 0 Å². The summed E-state index contributed by atoms with van der Waals surface area (Å²) in [5.41, 5.74) is 0. The first-order chi connectivity index (χ1) is 4.93. The number of epoxide rings is 1. The zero-order chi connectivity index (χ0) is 7.23. The molecule has 2 heteroatoms. The van der Waals surface area contributed by atoms with Crippen LogP contribution in [-0.2, 0) is 4.74 Å². The summed E-state index contributed by atoms with van der Waals surface area (Å²) in [7, 11) is 0. The van der Waals surface area contributed by atoms with Gasteiger partial charge in [-0.3, -0.25) is 0 Å². The molecule has 0 amide bonds. The fourth-order valence-electron chi connectivity index (χ4n) is 0.798. The Morgan fingerprint density at radius 1 is 1.50 bits per heavy atom. The van der Waals surface area contributed by atoms with Crippen LogP contribution >= 0.6 is 11.8 Å². The quantitative estimate of drug-likeness (QED) is 0.437. The van der Waals surface area contributed by atoms with Crippen LogP contribution in [0, 0.1) is 0 Å². The topological polar surface area (TPSA) is 12.5 Å². The van der Waals surface area contributed by atoms with Crippen molar-refractivity contribution >= 4 is 11.8 Å². The molecule has 1 aliphatic rings. The highest BCUT2D eigenvalue weighted by atomic mass is 32.2. The van der Waals surface area contributed by atoms with Crippen LogP contribution in [0.2, 0.25) is 0 Å². The Balaban J connectivity index is 1.68. The monoisotopic (exact) mass is 160 g/mol. The summed E-state index contributed by atoms with van der Waals surface area (Å²) in [6.45, 7) is 3.26. The minimum Gasteiger partial charge on any atom is -0.373 e. The summed E-state index contributed by atoms with van der Waals surface area (Å²) < 4.78 is 5.10. The molecular formula is C8H16OS. The van der Waals surface area contributed by atoms with E-state index in [9.17, 15) is 0 Å². The Hall–Kier alpha value is 0.310. The van der Waals surface area contributed by atoms with Crippen molar-refractivity contribution in [2.24, 2.45) is 0 Å². The van der Waals surface area contributed by atoms with E-state index in [-0.39, 0.29) is 0 Å². The number of ether oxygens (including phenoxy) is 1. The van der Waals surface area contributed by atoms with Gasteiger partial charge in [0.2, 0.25) is 0 Å². The van der Waals surface area contributed by atoms with Crippen LogP contribution in [0.15, 0.2) is 0 Å². The molecule has 0 radical (unpaired) electrons. The van der Waals surface area contributed by atoms with Crippen LogP contribution in [-0.4, -0.2) is 24.2 Å². The maximum Gasteiger partial charge on any atom is 0.0817 e. The Kier molecular flexibility index (Phi) is 4.23. The van der Waals surface area contributed by atoms with Crippen molar-refractivity contribution < 1.29 is 4.74 Å². The second kappa shape index (κ2) is 5.03. The lowest BCUT2D eigenvalue weighted by Gasteiger charge is -1.96. The summed E-state index contributed by atoms with van der Waals surface area (Å²) >= 11 is 2.07. The fourth-order valence-corrected chi connectivity index (χ4v) is 1.92. The highest BCUT2D eigenvalue weighted by Gasteiger charge is 2.20. The largest absolute Gasteiger partial charge is 0.373 e. The molecule has 1 saturated heterocycles. The van der Waals surface area contributed by atoms with Crippen LogP contribution in [0.3, 0.4) is 0 Å². The van der Waals surface area contributed by atoms with E-state index in [1.54, 1.807) is 0 Å². The average Bonchev–Trinajstić information content (AvgIpc) is 2.71. The van der Waals surface area contributed by atoms with Crippen molar-refractivity contribution in [3.8, 4) is 0 Å². The Labute approximate surface area is 67.5 Å². The Bertz CT molecular complexity index is 81.3. The van der Waals surface area contributed by atoms with E-state index in [4.69, 9.17) is 4.74 Å². The molecule has 0 aromatic rings. The van der Waals surface area contributed by atoms with Crippen LogP contribution < -0.4 is 0 Å². The highest BCUT2D eigenvalue weighted by Crippen LogP contribution is 2.17. The van der Waals surface area contributed by atoms with Crippen molar-refractivity contribution in [2.75, 3.05) is 18.1 Å². The van der Waals surface area contributed by atoms with Crippen molar-refractivity contribution in [1.29, 1.82) is 0 Å². The molecule has 0 spiro atoms. The number of thioether (sulfide) groups is 1. The average molecular weight is 160 g/mol. The lowest BCUT2D eigenvalue weighted by molar-refractivity contribution is 0.404. The van der Waals surface area contributed by atoms with Crippen molar-refractivity contribution in [3.05, 3.63) is 0 Å². The first kappa shape index (κ1) is 8.41. The highest BCUT2D eigenvalue weighted by molar-refractivity contribution is 7.99. The van der Waals surface area contributed by atoms with Gasteiger partial charge in [0.05, 0.1) is 12.7 Å². The first-order valence-electron chi connectivity index (χ1n) is 4.13. The summed E-state index contributed by atoms with van der Waals surface area (Å²) in [4.78, 5) is 0. The molecule has 0 saturated carbocycles. The van der Waals surface area contributed by atoms with Gasteiger partial charge in [0.25, 0.3) is 0 Å². The maximum atomic E-state index is 5.10. The van der Waals surface area contributed by atoms with E-state index in [0.29, 0.717) is 6.10 Å². The van der Waals surface area contributed by atoms with E-state index in [0.717, 1.165) is 6.61 Å². The molecule has 1 unspecified atom stereocenters. The van der Waals surface area contributed by atoms with Crippen molar-refractivity contribution in [1.82, 2.24) is 0 Å². The molecule has 1 aliphatic heterocycles. The smallest absolute Gasteiger partial charge is 0.0817 e. The molecule has 1 atom stereocenters. The molecule has 10 heavy (non-hydrogen) atoms. The van der Waals surface area contributed by atoms with Gasteiger partial charge in [-0.05, 0) is 24.3 Å². The number of unbranched alkanes of at least 4 members (excludes halogenated alkanes) is 1. The molecule has 1 fully saturated rings. The van der Waals surface area contributed by atoms with Gasteiger partial charge in [0.15, 0.2) is 0 Å². The number of rotatable bonds is 6. The predicted octanol–water partition coefficient (Wildman–Crippen LogP) is 2.31. The Morgan fingerprint density at radius 3 is 2.90 bits per heavy atom. The summed E-state index contributed by atoms with van der Waals surface area (Å²) in [5, 5.41) is 0. The third-order valence-corrected chi connectivity index (χ3v) is 2.73. The van der Waals surface area contributed by atoms with E-state index in [2.05, 4.69) is 18.7 Å². The number of hydrogen-bond acceptors (Lipinski definition) is 2. The summed E-state index contributed by atoms with van der Waals surface area (Å²) in [6.07, 6.45) is 4.60. The van der Waals surface area contributed by atoms with Crippen LogP contribution in [0.1, 0.15) is 26.2 Å². The maximum absolute atomic E-state index is 5.10. The molecule has 1 heterocycles. The van der Waals surface area contributed by atoms with Gasteiger partial charge in [0.1, 0.15) is 0 Å². The van der Waals surface area contributed by atoms with Crippen LogP contribution in [0.4, 0.5) is 0 Å². The van der Waals surface area contributed by atoms with E-state index < -0.39 is 0 Å². The molecule has 1 rings (SSSR count). The van der Waals surface area contributed by atoms with Gasteiger partial charge in [-0.1, -0.05) is 13.3 Å². The van der Waals surface area contributed by atoms with Gasteiger partial charge in [-0.2, -0.15) is 11.8 Å². The van der Waals surface area contributed by atoms with Gasteiger partial charge in [-0.15, -0.1) is 0 Å². The molecule has 0 N–H and O–H groups in total. The normalized spacial score (nSPS) is 23.1. The standard InChI is InChI=1S/C8H16OS/c1-2-3-5-10-6-4-8-7-9-8/h8H,2-7H2,1H3. The molecule has 0 aromatic heterocycles. The zero-order valence-corrected chi connectivity index (χ0v) is 7.45. The second-order valence-electron chi connectivity index (χ2n) is 2.71. The van der Waals surface area contributed by atoms with Crippen LogP contribution in [0.25, 0.3) is 0 Å². The molecule has 0 aromatic carbocycles. The minimum absolute atomic E-state index is 0.633. The minimum atomic E-state index is 0.633. The van der Waals surface area contributed by atoms with Gasteiger partial charge in [0, 0.05) is 0 Å². The van der Waals surface area contributed by atoms with E-state index >= 15 is 0 Å². The SMILES string of the molecule is CCCCSCCC1CO1. The summed E-state index contributed by atoms with van der Waals surface area (Å²) in [5.74, 6) is 2.63. The molecule has 0 aliphatic carbocycles. The van der Waals surface area contributed by atoms with E-state index in [1.165, 1.54) is 30.8 Å². The third kappa shape index (κ3) is 4.18. The molecular weight excluding hydrogens is 144 g/mol. The fraction of sp³-hybridized carbons (Fsp3) is 1.00. The molecule has 60 valence electrons. The lowest BCUT2D eigenvalue weighted by Crippen LogP contribution is -1.89. The predicted molar refractivity (Wildman–Crippen MR) is 46.6 cm³/mol. The van der Waals surface area contributed by atoms with Crippen molar-refractivity contribution in [2.45, 2.75) is 32.3 Å². The second-order valence-corrected chi connectivity index (χ2v) is 3.93. The third-order valence-electron chi connectivity index (χ3n) is 1.63. The van der Waals surface area contributed by atoms with Gasteiger partial charge in [-0.25, -0.2) is 0 Å². The van der Waals surface area contributed by atoms with Crippen LogP contribution in [0.5, 0.6) is 0 Å². The van der Waals surface area contributed by atoms with Gasteiger partial charge < -0.3 is 4.74 Å². The van der Waals surface area contributed by atoms with Gasteiger partial charge >= 0.3 is 0 Å². The molecule has 0 bridgehead atoms. The Morgan fingerprint density at radius 2 is 2.30 bits per heavy atom. The zero-order valence-electron chi connectivity index (χ0n) is 6.64. The first-order valence-corrected chi connectivity index (χ1v) is 5.28. The molecule has 1 nitrogen and oxygen atoms in total.